The van der Waals surface area contributed by atoms with Gasteiger partial charge < -0.3 is 14.7 Å². The second-order valence-electron chi connectivity index (χ2n) is 10.4. The van der Waals surface area contributed by atoms with Crippen molar-refractivity contribution in [3.63, 3.8) is 0 Å². The largest absolute Gasteiger partial charge is 0.481 e. The second kappa shape index (κ2) is 11.2. The first-order valence-electron chi connectivity index (χ1n) is 13.1. The molecule has 0 atom stereocenters. The first kappa shape index (κ1) is 25.0. The molecule has 0 unspecified atom stereocenters. The maximum absolute atomic E-state index is 13.2. The van der Waals surface area contributed by atoms with Crippen LogP contribution in [-0.2, 0) is 17.8 Å². The van der Waals surface area contributed by atoms with Crippen LogP contribution < -0.4 is 4.74 Å². The summed E-state index contributed by atoms with van der Waals surface area (Å²) in [5, 5.41) is 9.20. The van der Waals surface area contributed by atoms with E-state index in [0.717, 1.165) is 69.9 Å². The van der Waals surface area contributed by atoms with Crippen LogP contribution >= 0.6 is 0 Å². The molecule has 3 aromatic rings. The number of aliphatic carboxylic acids is 1. The van der Waals surface area contributed by atoms with E-state index in [2.05, 4.69) is 23.1 Å². The van der Waals surface area contributed by atoms with Crippen molar-refractivity contribution in [3.8, 4) is 11.5 Å². The van der Waals surface area contributed by atoms with E-state index in [4.69, 9.17) is 4.74 Å². The zero-order valence-electron chi connectivity index (χ0n) is 21.1. The minimum atomic E-state index is -0.917. The molecule has 0 aliphatic carbocycles. The minimum absolute atomic E-state index is 0.0401. The average Bonchev–Trinajstić information content (AvgIpc) is 2.91. The summed E-state index contributed by atoms with van der Waals surface area (Å²) in [7, 11) is 0. The predicted molar refractivity (Wildman–Crippen MR) is 143 cm³/mol. The number of nitrogens with zero attached hydrogens (tertiary/aromatic N) is 2. The number of ether oxygens (including phenoxy) is 1. The number of rotatable bonds is 7. The number of amides is 1. The number of para-hydroxylation sites is 1. The monoisotopic (exact) mass is 498 g/mol. The molecule has 2 aliphatic rings. The summed E-state index contributed by atoms with van der Waals surface area (Å²) in [4.78, 5) is 28.8. The third-order valence-electron chi connectivity index (χ3n) is 7.90. The van der Waals surface area contributed by atoms with Gasteiger partial charge >= 0.3 is 5.97 Å². The number of carboxylic acids is 1. The van der Waals surface area contributed by atoms with Crippen molar-refractivity contribution in [3.05, 3.63) is 95.6 Å². The molecule has 0 radical (unpaired) electrons. The molecule has 2 aliphatic heterocycles. The van der Waals surface area contributed by atoms with Gasteiger partial charge in [0.05, 0.1) is 6.42 Å². The van der Waals surface area contributed by atoms with E-state index in [1.54, 1.807) is 18.2 Å². The van der Waals surface area contributed by atoms with Crippen molar-refractivity contribution in [1.82, 2.24) is 9.80 Å². The molecule has 0 saturated carbocycles. The molecular weight excluding hydrogens is 464 g/mol. The maximum atomic E-state index is 13.2. The molecule has 6 heteroatoms. The smallest absolute Gasteiger partial charge is 0.307 e. The van der Waals surface area contributed by atoms with Gasteiger partial charge in [-0.15, -0.1) is 0 Å². The van der Waals surface area contributed by atoms with E-state index in [1.165, 1.54) is 5.56 Å². The summed E-state index contributed by atoms with van der Waals surface area (Å²) < 4.78 is 6.01. The van der Waals surface area contributed by atoms with E-state index in [9.17, 15) is 14.7 Å². The number of hydrogen-bond acceptors (Lipinski definition) is 4. The third kappa shape index (κ3) is 6.20. The Morgan fingerprint density at radius 1 is 0.784 bits per heavy atom. The summed E-state index contributed by atoms with van der Waals surface area (Å²) in [6, 6.07) is 25.3. The lowest BCUT2D eigenvalue weighted by molar-refractivity contribution is -0.136. The van der Waals surface area contributed by atoms with Gasteiger partial charge in [-0.05, 0) is 85.6 Å². The van der Waals surface area contributed by atoms with E-state index in [-0.39, 0.29) is 12.3 Å². The van der Waals surface area contributed by atoms with Crippen molar-refractivity contribution in [2.24, 2.45) is 5.41 Å². The molecule has 0 bridgehead atoms. The van der Waals surface area contributed by atoms with Crippen LogP contribution in [-0.4, -0.2) is 53.0 Å². The third-order valence-corrected chi connectivity index (χ3v) is 7.90. The van der Waals surface area contributed by atoms with Gasteiger partial charge in [-0.2, -0.15) is 0 Å². The molecule has 3 aromatic carbocycles. The first-order valence-corrected chi connectivity index (χ1v) is 13.1. The van der Waals surface area contributed by atoms with Crippen molar-refractivity contribution in [1.29, 1.82) is 0 Å². The van der Waals surface area contributed by atoms with Gasteiger partial charge in [0.25, 0.3) is 5.91 Å². The highest BCUT2D eigenvalue weighted by molar-refractivity contribution is 5.96. The molecule has 0 aromatic heterocycles. The highest BCUT2D eigenvalue weighted by atomic mass is 16.5. The quantitative estimate of drug-likeness (QED) is 0.458. The molecule has 2 saturated heterocycles. The first-order chi connectivity index (χ1) is 18.0. The lowest BCUT2D eigenvalue weighted by Crippen LogP contribution is -2.48. The van der Waals surface area contributed by atoms with E-state index in [0.29, 0.717) is 16.5 Å². The Morgan fingerprint density at radius 2 is 1.43 bits per heavy atom. The van der Waals surface area contributed by atoms with Crippen LogP contribution in [0.2, 0.25) is 0 Å². The van der Waals surface area contributed by atoms with Crippen LogP contribution in [0.15, 0.2) is 78.9 Å². The molecule has 37 heavy (non-hydrogen) atoms. The van der Waals surface area contributed by atoms with Gasteiger partial charge in [-0.25, -0.2) is 0 Å². The molecule has 5 rings (SSSR count). The van der Waals surface area contributed by atoms with Crippen LogP contribution in [0.25, 0.3) is 0 Å². The van der Waals surface area contributed by atoms with Gasteiger partial charge in [0, 0.05) is 25.2 Å². The molecular formula is C31H34N2O4. The Labute approximate surface area is 218 Å². The number of carboxylic acid groups (broad SMARTS) is 1. The second-order valence-corrected chi connectivity index (χ2v) is 10.4. The summed E-state index contributed by atoms with van der Waals surface area (Å²) in [6.07, 6.45) is 4.18. The molecule has 6 nitrogen and oxygen atoms in total. The number of piperidine rings is 2. The number of carbonyl (C=O) groups is 2. The lowest BCUT2D eigenvalue weighted by atomic mass is 9.71. The molecule has 1 amide bonds. The maximum Gasteiger partial charge on any atom is 0.307 e. The van der Waals surface area contributed by atoms with Crippen molar-refractivity contribution < 1.29 is 19.4 Å². The van der Waals surface area contributed by atoms with Crippen LogP contribution in [0, 0.1) is 5.41 Å². The van der Waals surface area contributed by atoms with E-state index in [1.807, 2.05) is 47.4 Å². The minimum Gasteiger partial charge on any atom is -0.481 e. The fraction of sp³-hybridized carbons (Fsp3) is 0.355. The van der Waals surface area contributed by atoms with Gasteiger partial charge in [0.15, 0.2) is 0 Å². The number of likely N-dealkylation sites (tertiary alicyclic amines) is 2. The van der Waals surface area contributed by atoms with Crippen molar-refractivity contribution in [2.45, 2.75) is 38.6 Å². The van der Waals surface area contributed by atoms with Crippen LogP contribution in [0.5, 0.6) is 11.5 Å². The van der Waals surface area contributed by atoms with Crippen LogP contribution in [0.4, 0.5) is 0 Å². The number of benzene rings is 3. The number of hydrogen-bond donors (Lipinski definition) is 1. The molecule has 1 spiro atoms. The Balaban J connectivity index is 1.13. The molecule has 192 valence electrons. The SMILES string of the molecule is O=C(O)Cc1ccccc1C(=O)N1CCC2(CCN(Cc3cccc(Oc4ccccc4)c3)CC2)CC1. The van der Waals surface area contributed by atoms with E-state index < -0.39 is 5.97 Å². The van der Waals surface area contributed by atoms with E-state index >= 15 is 0 Å². The number of carbonyl (C=O) groups excluding carboxylic acids is 1. The fourth-order valence-corrected chi connectivity index (χ4v) is 5.68. The fourth-order valence-electron chi connectivity index (χ4n) is 5.68. The normalized spacial score (nSPS) is 17.5. The zero-order chi connectivity index (χ0) is 25.7. The van der Waals surface area contributed by atoms with Gasteiger partial charge in [0.2, 0.25) is 0 Å². The molecule has 1 N–H and O–H groups in total. The van der Waals surface area contributed by atoms with Crippen molar-refractivity contribution >= 4 is 11.9 Å². The van der Waals surface area contributed by atoms with Crippen LogP contribution in [0.3, 0.4) is 0 Å². The summed E-state index contributed by atoms with van der Waals surface area (Å²) in [5.41, 5.74) is 2.66. The van der Waals surface area contributed by atoms with Gasteiger partial charge in [0.1, 0.15) is 11.5 Å². The highest BCUT2D eigenvalue weighted by Gasteiger charge is 2.38. The highest BCUT2D eigenvalue weighted by Crippen LogP contribution is 2.42. The lowest BCUT2D eigenvalue weighted by Gasteiger charge is -2.47. The predicted octanol–water partition coefficient (Wildman–Crippen LogP) is 5.62. The Hall–Kier alpha value is -3.64. The zero-order valence-corrected chi connectivity index (χ0v) is 21.1. The van der Waals surface area contributed by atoms with Gasteiger partial charge in [-0.1, -0.05) is 48.5 Å². The average molecular weight is 499 g/mol. The molecule has 2 heterocycles. The molecule has 2 fully saturated rings. The Morgan fingerprint density at radius 3 is 2.16 bits per heavy atom. The summed E-state index contributed by atoms with van der Waals surface area (Å²) >= 11 is 0. The summed E-state index contributed by atoms with van der Waals surface area (Å²) in [6.45, 7) is 4.49. The standard InChI is InChI=1S/C31H34N2O4/c34-29(35)22-25-8-4-5-12-28(25)30(36)33-19-15-31(16-20-33)13-17-32(18-14-31)23-24-7-6-11-27(21-24)37-26-9-2-1-3-10-26/h1-12,21H,13-20,22-23H2,(H,34,35). The Bertz CT molecular complexity index is 1220. The summed E-state index contributed by atoms with van der Waals surface area (Å²) in [5.74, 6) is 0.746. The van der Waals surface area contributed by atoms with Gasteiger partial charge in [-0.3, -0.25) is 14.5 Å². The topological polar surface area (TPSA) is 70.1 Å². The van der Waals surface area contributed by atoms with Crippen LogP contribution in [0.1, 0.15) is 47.2 Å². The van der Waals surface area contributed by atoms with Crippen molar-refractivity contribution in [2.75, 3.05) is 26.2 Å². The Kier molecular flexibility index (Phi) is 7.56.